The third-order valence-electron chi connectivity index (χ3n) is 3.77. The number of aryl methyl sites for hydroxylation is 1. The van der Waals surface area contributed by atoms with Crippen molar-refractivity contribution in [3.05, 3.63) is 47.0 Å². The number of anilines is 2. The van der Waals surface area contributed by atoms with Gasteiger partial charge < -0.3 is 25.8 Å². The Balaban J connectivity index is 2.08. The number of ether oxygens (including phenoxy) is 2. The summed E-state index contributed by atoms with van der Waals surface area (Å²) in [4.78, 5) is 23.4. The van der Waals surface area contributed by atoms with Crippen molar-refractivity contribution < 1.29 is 19.1 Å². The van der Waals surface area contributed by atoms with E-state index in [4.69, 9.17) is 26.8 Å². The summed E-state index contributed by atoms with van der Waals surface area (Å²) in [6.45, 7) is 3.34. The summed E-state index contributed by atoms with van der Waals surface area (Å²) in [7, 11) is 1.49. The van der Waals surface area contributed by atoms with Crippen molar-refractivity contribution in [1.82, 2.24) is 0 Å². The quantitative estimate of drug-likeness (QED) is 0.642. The molecule has 0 bridgehead atoms. The fourth-order valence-corrected chi connectivity index (χ4v) is 2.49. The number of nitrogens with two attached hydrogens (primary N) is 1. The standard InChI is InChI=1S/C19H22ClN3O4/c1-11-4-5-13(20)8-15(11)23-19(25)12(2)22-14-6-7-16(26-3)17(9-14)27-10-18(21)24/h4-9,12,22H,10H2,1-3H3,(H2,21,24)(H,23,25). The topological polar surface area (TPSA) is 103 Å². The minimum atomic E-state index is -0.597. The van der Waals surface area contributed by atoms with Crippen molar-refractivity contribution in [2.75, 3.05) is 24.4 Å². The molecule has 0 aliphatic heterocycles. The first-order chi connectivity index (χ1) is 12.8. The molecule has 2 amide bonds. The summed E-state index contributed by atoms with van der Waals surface area (Å²) < 4.78 is 10.5. The highest BCUT2D eigenvalue weighted by Crippen LogP contribution is 2.30. The zero-order valence-electron chi connectivity index (χ0n) is 15.3. The highest BCUT2D eigenvalue weighted by molar-refractivity contribution is 6.31. The maximum Gasteiger partial charge on any atom is 0.255 e. The van der Waals surface area contributed by atoms with Crippen molar-refractivity contribution in [2.24, 2.45) is 5.73 Å². The number of methoxy groups -OCH3 is 1. The van der Waals surface area contributed by atoms with E-state index < -0.39 is 11.9 Å². The first kappa shape index (κ1) is 20.4. The highest BCUT2D eigenvalue weighted by Gasteiger charge is 2.15. The number of carbonyl (C=O) groups is 2. The van der Waals surface area contributed by atoms with Gasteiger partial charge in [-0.25, -0.2) is 0 Å². The van der Waals surface area contributed by atoms with Gasteiger partial charge >= 0.3 is 0 Å². The lowest BCUT2D eigenvalue weighted by molar-refractivity contribution is -0.120. The van der Waals surface area contributed by atoms with Gasteiger partial charge in [-0.3, -0.25) is 9.59 Å². The van der Waals surface area contributed by atoms with Gasteiger partial charge in [-0.2, -0.15) is 0 Å². The maximum atomic E-state index is 12.5. The number of hydrogen-bond acceptors (Lipinski definition) is 5. The number of nitrogens with one attached hydrogen (secondary N) is 2. The number of carbonyl (C=O) groups excluding carboxylic acids is 2. The van der Waals surface area contributed by atoms with Gasteiger partial charge in [0.05, 0.1) is 7.11 Å². The van der Waals surface area contributed by atoms with E-state index in [1.165, 1.54) is 7.11 Å². The average molecular weight is 392 g/mol. The summed E-state index contributed by atoms with van der Waals surface area (Å²) in [5, 5.41) is 6.47. The van der Waals surface area contributed by atoms with E-state index in [0.717, 1.165) is 5.56 Å². The zero-order valence-corrected chi connectivity index (χ0v) is 16.1. The van der Waals surface area contributed by atoms with Gasteiger partial charge in [0.15, 0.2) is 18.1 Å². The van der Waals surface area contributed by atoms with Gasteiger partial charge in [0.2, 0.25) is 5.91 Å². The van der Waals surface area contributed by atoms with Gasteiger partial charge in [-0.1, -0.05) is 17.7 Å². The van der Waals surface area contributed by atoms with E-state index in [2.05, 4.69) is 10.6 Å². The van der Waals surface area contributed by atoms with Gasteiger partial charge in [-0.05, 0) is 43.7 Å². The molecule has 2 aromatic rings. The molecule has 2 rings (SSSR count). The summed E-state index contributed by atoms with van der Waals surface area (Å²) >= 11 is 5.98. The SMILES string of the molecule is COc1ccc(NC(C)C(=O)Nc2cc(Cl)ccc2C)cc1OCC(N)=O. The van der Waals surface area contributed by atoms with E-state index in [1.54, 1.807) is 37.3 Å². The van der Waals surface area contributed by atoms with Crippen LogP contribution in [0.15, 0.2) is 36.4 Å². The van der Waals surface area contributed by atoms with Gasteiger partial charge in [0, 0.05) is 22.5 Å². The normalized spacial score (nSPS) is 11.4. The van der Waals surface area contributed by atoms with E-state index in [0.29, 0.717) is 27.9 Å². The largest absolute Gasteiger partial charge is 0.493 e. The first-order valence-electron chi connectivity index (χ1n) is 8.23. The Morgan fingerprint density at radius 3 is 2.59 bits per heavy atom. The molecule has 144 valence electrons. The van der Waals surface area contributed by atoms with E-state index >= 15 is 0 Å². The van der Waals surface area contributed by atoms with Crippen LogP contribution in [0, 0.1) is 6.92 Å². The number of primary amides is 1. The Hall–Kier alpha value is -2.93. The molecule has 1 atom stereocenters. The van der Waals surface area contributed by atoms with E-state index in [-0.39, 0.29) is 12.5 Å². The fraction of sp³-hybridized carbons (Fsp3) is 0.263. The Morgan fingerprint density at radius 1 is 1.19 bits per heavy atom. The lowest BCUT2D eigenvalue weighted by atomic mass is 10.2. The van der Waals surface area contributed by atoms with Gasteiger partial charge in [0.1, 0.15) is 6.04 Å². The first-order valence-corrected chi connectivity index (χ1v) is 8.60. The number of hydrogen-bond donors (Lipinski definition) is 3. The predicted molar refractivity (Wildman–Crippen MR) is 106 cm³/mol. The molecule has 27 heavy (non-hydrogen) atoms. The maximum absolute atomic E-state index is 12.5. The minimum Gasteiger partial charge on any atom is -0.493 e. The van der Waals surface area contributed by atoms with Crippen LogP contribution in [0.25, 0.3) is 0 Å². The average Bonchev–Trinajstić information content (AvgIpc) is 2.63. The Morgan fingerprint density at radius 2 is 1.93 bits per heavy atom. The summed E-state index contributed by atoms with van der Waals surface area (Å²) in [6, 6.07) is 9.80. The fourth-order valence-electron chi connectivity index (χ4n) is 2.31. The summed E-state index contributed by atoms with van der Waals surface area (Å²) in [6.07, 6.45) is 0. The molecule has 0 saturated carbocycles. The molecule has 4 N–H and O–H groups in total. The Kier molecular flexibility index (Phi) is 6.90. The summed E-state index contributed by atoms with van der Waals surface area (Å²) in [5.74, 6) is -0.0242. The second kappa shape index (κ2) is 9.14. The molecular weight excluding hydrogens is 370 g/mol. The molecular formula is C19H22ClN3O4. The lowest BCUT2D eigenvalue weighted by Crippen LogP contribution is -2.32. The molecule has 8 heteroatoms. The Labute approximate surface area is 162 Å². The number of halogens is 1. The van der Waals surface area contributed by atoms with Gasteiger partial charge in [0.25, 0.3) is 5.91 Å². The molecule has 0 saturated heterocycles. The Bertz CT molecular complexity index is 842. The van der Waals surface area contributed by atoms with Crippen molar-refractivity contribution in [2.45, 2.75) is 19.9 Å². The monoisotopic (exact) mass is 391 g/mol. The molecule has 0 fully saturated rings. The van der Waals surface area contributed by atoms with Crippen molar-refractivity contribution in [3.63, 3.8) is 0 Å². The van der Waals surface area contributed by atoms with Gasteiger partial charge in [-0.15, -0.1) is 0 Å². The van der Waals surface area contributed by atoms with Crippen LogP contribution in [-0.2, 0) is 9.59 Å². The molecule has 0 aliphatic rings. The minimum absolute atomic E-state index is 0.226. The molecule has 0 spiro atoms. The molecule has 1 unspecified atom stereocenters. The molecule has 0 heterocycles. The lowest BCUT2D eigenvalue weighted by Gasteiger charge is -2.18. The van der Waals surface area contributed by atoms with Crippen LogP contribution in [0.2, 0.25) is 5.02 Å². The molecule has 0 aliphatic carbocycles. The van der Waals surface area contributed by atoms with Crippen LogP contribution in [0.1, 0.15) is 12.5 Å². The third-order valence-corrected chi connectivity index (χ3v) is 4.00. The highest BCUT2D eigenvalue weighted by atomic mass is 35.5. The van der Waals surface area contributed by atoms with Crippen molar-refractivity contribution in [3.8, 4) is 11.5 Å². The van der Waals surface area contributed by atoms with Crippen molar-refractivity contribution in [1.29, 1.82) is 0 Å². The van der Waals surface area contributed by atoms with E-state index in [1.807, 2.05) is 13.0 Å². The number of benzene rings is 2. The molecule has 0 aromatic heterocycles. The van der Waals surface area contributed by atoms with E-state index in [9.17, 15) is 9.59 Å². The molecule has 2 aromatic carbocycles. The summed E-state index contributed by atoms with van der Waals surface area (Å²) in [5.41, 5.74) is 7.29. The van der Waals surface area contributed by atoms with Crippen LogP contribution in [0.4, 0.5) is 11.4 Å². The third kappa shape index (κ3) is 5.79. The predicted octanol–water partition coefficient (Wildman–Crippen LogP) is 2.96. The van der Waals surface area contributed by atoms with Crippen LogP contribution in [-0.4, -0.2) is 31.6 Å². The van der Waals surface area contributed by atoms with Crippen molar-refractivity contribution >= 4 is 34.8 Å². The molecule has 0 radical (unpaired) electrons. The second-order valence-electron chi connectivity index (χ2n) is 5.94. The van der Waals surface area contributed by atoms with Crippen LogP contribution >= 0.6 is 11.6 Å². The zero-order chi connectivity index (χ0) is 20.0. The number of rotatable bonds is 8. The van der Waals surface area contributed by atoms with Crippen LogP contribution < -0.4 is 25.8 Å². The number of amides is 2. The molecule has 7 nitrogen and oxygen atoms in total. The second-order valence-corrected chi connectivity index (χ2v) is 6.37. The van der Waals surface area contributed by atoms with Crippen LogP contribution in [0.3, 0.4) is 0 Å². The van der Waals surface area contributed by atoms with Crippen LogP contribution in [0.5, 0.6) is 11.5 Å². The smallest absolute Gasteiger partial charge is 0.255 e.